The summed E-state index contributed by atoms with van der Waals surface area (Å²) in [7, 11) is 0. The fourth-order valence-electron chi connectivity index (χ4n) is 2.25. The Morgan fingerprint density at radius 2 is 2.05 bits per heavy atom. The number of aromatic amines is 1. The van der Waals surface area contributed by atoms with Crippen LogP contribution in [0.2, 0.25) is 0 Å². The minimum Gasteiger partial charge on any atom is -0.409 e. The van der Waals surface area contributed by atoms with Gasteiger partial charge in [0, 0.05) is 5.39 Å². The van der Waals surface area contributed by atoms with Crippen LogP contribution < -0.4 is 0 Å². The van der Waals surface area contributed by atoms with Crippen molar-refractivity contribution in [3.8, 4) is 22.0 Å². The Morgan fingerprint density at radius 1 is 1.14 bits per heavy atom. The average Bonchev–Trinajstić information content (AvgIpc) is 3.17. The van der Waals surface area contributed by atoms with Gasteiger partial charge in [-0.1, -0.05) is 24.3 Å². The van der Waals surface area contributed by atoms with Crippen LogP contribution in [0.25, 0.3) is 32.9 Å². The molecular formula is C15H9N3OS2. The SMILES string of the molecule is S=c1[nH]nc(-c2cc(-c3cccs3)nc3ccccc23)o1. The molecule has 4 aromatic rings. The highest BCUT2D eigenvalue weighted by atomic mass is 32.1. The van der Waals surface area contributed by atoms with Crippen molar-refractivity contribution in [2.24, 2.45) is 0 Å². The summed E-state index contributed by atoms with van der Waals surface area (Å²) in [5, 5.41) is 9.83. The molecule has 0 spiro atoms. The van der Waals surface area contributed by atoms with E-state index in [9.17, 15) is 0 Å². The average molecular weight is 311 g/mol. The lowest BCUT2D eigenvalue weighted by Crippen LogP contribution is -1.88. The van der Waals surface area contributed by atoms with Crippen LogP contribution in [-0.4, -0.2) is 15.2 Å². The Kier molecular flexibility index (Phi) is 2.90. The molecule has 102 valence electrons. The van der Waals surface area contributed by atoms with E-state index in [-0.39, 0.29) is 4.84 Å². The molecule has 0 aliphatic carbocycles. The summed E-state index contributed by atoms with van der Waals surface area (Å²) in [5.74, 6) is 0.483. The minimum absolute atomic E-state index is 0.267. The first-order valence-electron chi connectivity index (χ1n) is 6.31. The van der Waals surface area contributed by atoms with Crippen LogP contribution in [0, 0.1) is 4.84 Å². The summed E-state index contributed by atoms with van der Waals surface area (Å²) in [6.45, 7) is 0. The number of thiophene rings is 1. The highest BCUT2D eigenvalue weighted by Crippen LogP contribution is 2.32. The molecule has 4 rings (SSSR count). The van der Waals surface area contributed by atoms with Gasteiger partial charge in [-0.15, -0.1) is 16.4 Å². The summed E-state index contributed by atoms with van der Waals surface area (Å²) < 4.78 is 5.47. The van der Waals surface area contributed by atoms with Crippen molar-refractivity contribution in [2.75, 3.05) is 0 Å². The molecule has 1 N–H and O–H groups in total. The van der Waals surface area contributed by atoms with E-state index in [0.29, 0.717) is 5.89 Å². The van der Waals surface area contributed by atoms with Gasteiger partial charge in [-0.2, -0.15) is 0 Å². The van der Waals surface area contributed by atoms with Crippen molar-refractivity contribution in [3.05, 3.63) is 52.7 Å². The number of rotatable bonds is 2. The van der Waals surface area contributed by atoms with E-state index in [2.05, 4.69) is 10.2 Å². The standard InChI is InChI=1S/C15H9N3OS2/c20-15-18-17-14(19-15)10-8-12(13-6-3-7-21-13)16-11-5-2-1-4-9(10)11/h1-8H,(H,18,20). The van der Waals surface area contributed by atoms with E-state index in [0.717, 1.165) is 27.0 Å². The van der Waals surface area contributed by atoms with Gasteiger partial charge in [0.15, 0.2) is 0 Å². The third kappa shape index (κ3) is 2.18. The summed E-state index contributed by atoms with van der Waals surface area (Å²) in [6.07, 6.45) is 0. The molecule has 0 unspecified atom stereocenters. The molecule has 3 heterocycles. The zero-order valence-corrected chi connectivity index (χ0v) is 12.4. The Hall–Kier alpha value is -2.31. The van der Waals surface area contributed by atoms with Gasteiger partial charge in [0.1, 0.15) is 0 Å². The van der Waals surface area contributed by atoms with Gasteiger partial charge in [-0.05, 0) is 35.8 Å². The molecule has 0 atom stereocenters. The van der Waals surface area contributed by atoms with Gasteiger partial charge < -0.3 is 4.42 Å². The van der Waals surface area contributed by atoms with Crippen molar-refractivity contribution < 1.29 is 4.42 Å². The maximum absolute atomic E-state index is 5.47. The van der Waals surface area contributed by atoms with Crippen LogP contribution in [0.1, 0.15) is 0 Å². The van der Waals surface area contributed by atoms with E-state index >= 15 is 0 Å². The molecule has 0 saturated heterocycles. The predicted molar refractivity (Wildman–Crippen MR) is 85.7 cm³/mol. The van der Waals surface area contributed by atoms with Crippen LogP contribution in [0.5, 0.6) is 0 Å². The molecule has 0 radical (unpaired) electrons. The lowest BCUT2D eigenvalue weighted by atomic mass is 10.1. The molecular weight excluding hydrogens is 302 g/mol. The number of pyridine rings is 1. The number of para-hydroxylation sites is 1. The first kappa shape index (κ1) is 12.4. The quantitative estimate of drug-likeness (QED) is 0.546. The molecule has 0 bridgehead atoms. The molecule has 0 aliphatic heterocycles. The largest absolute Gasteiger partial charge is 0.409 e. The van der Waals surface area contributed by atoms with E-state index in [1.807, 2.05) is 47.8 Å². The number of fused-ring (bicyclic) bond motifs is 1. The van der Waals surface area contributed by atoms with Crippen molar-refractivity contribution >= 4 is 34.5 Å². The Labute approximate surface area is 129 Å². The first-order valence-corrected chi connectivity index (χ1v) is 7.59. The van der Waals surface area contributed by atoms with Crippen LogP contribution in [-0.2, 0) is 0 Å². The topological polar surface area (TPSA) is 54.7 Å². The van der Waals surface area contributed by atoms with Gasteiger partial charge in [-0.3, -0.25) is 0 Å². The van der Waals surface area contributed by atoms with Crippen molar-refractivity contribution in [2.45, 2.75) is 0 Å². The molecule has 0 amide bonds. The molecule has 6 heteroatoms. The van der Waals surface area contributed by atoms with Crippen LogP contribution >= 0.6 is 23.6 Å². The van der Waals surface area contributed by atoms with Gasteiger partial charge >= 0.3 is 0 Å². The van der Waals surface area contributed by atoms with E-state index in [4.69, 9.17) is 21.6 Å². The molecule has 0 fully saturated rings. The van der Waals surface area contributed by atoms with Gasteiger partial charge in [0.05, 0.1) is 21.7 Å². The van der Waals surface area contributed by atoms with Gasteiger partial charge in [0.25, 0.3) is 4.84 Å². The number of nitrogens with zero attached hydrogens (tertiary/aromatic N) is 2. The summed E-state index contributed by atoms with van der Waals surface area (Å²) in [6, 6.07) is 14.0. The van der Waals surface area contributed by atoms with E-state index in [1.54, 1.807) is 11.3 Å². The number of hydrogen-bond acceptors (Lipinski definition) is 5. The Morgan fingerprint density at radius 3 is 2.81 bits per heavy atom. The van der Waals surface area contributed by atoms with Gasteiger partial charge in [0.2, 0.25) is 5.89 Å². The smallest absolute Gasteiger partial charge is 0.284 e. The molecule has 3 aromatic heterocycles. The molecule has 0 aliphatic rings. The predicted octanol–water partition coefficient (Wildman–Crippen LogP) is 4.68. The molecule has 4 nitrogen and oxygen atoms in total. The fraction of sp³-hybridized carbons (Fsp3) is 0. The Bertz CT molecular complexity index is 970. The van der Waals surface area contributed by atoms with E-state index in [1.165, 1.54) is 0 Å². The van der Waals surface area contributed by atoms with Crippen molar-refractivity contribution in [3.63, 3.8) is 0 Å². The highest BCUT2D eigenvalue weighted by Gasteiger charge is 2.13. The summed E-state index contributed by atoms with van der Waals surface area (Å²) >= 11 is 6.62. The fourth-order valence-corrected chi connectivity index (χ4v) is 3.06. The molecule has 0 saturated carbocycles. The Balaban J connectivity index is 2.05. The number of hydrogen-bond donors (Lipinski definition) is 1. The second-order valence-electron chi connectivity index (χ2n) is 4.47. The van der Waals surface area contributed by atoms with Crippen LogP contribution in [0.3, 0.4) is 0 Å². The number of nitrogens with one attached hydrogen (secondary N) is 1. The highest BCUT2D eigenvalue weighted by molar-refractivity contribution is 7.71. The van der Waals surface area contributed by atoms with Crippen LogP contribution in [0.15, 0.2) is 52.3 Å². The van der Waals surface area contributed by atoms with Crippen molar-refractivity contribution in [1.82, 2.24) is 15.2 Å². The maximum Gasteiger partial charge on any atom is 0.284 e. The van der Waals surface area contributed by atoms with Gasteiger partial charge in [-0.25, -0.2) is 10.1 Å². The third-order valence-electron chi connectivity index (χ3n) is 3.16. The molecule has 1 aromatic carbocycles. The van der Waals surface area contributed by atoms with Crippen LogP contribution in [0.4, 0.5) is 0 Å². The lowest BCUT2D eigenvalue weighted by Gasteiger charge is -2.05. The third-order valence-corrected chi connectivity index (χ3v) is 4.23. The zero-order chi connectivity index (χ0) is 14.2. The normalized spacial score (nSPS) is 11.0. The lowest BCUT2D eigenvalue weighted by molar-refractivity contribution is 0.552. The maximum atomic E-state index is 5.47. The second-order valence-corrected chi connectivity index (χ2v) is 5.79. The zero-order valence-electron chi connectivity index (χ0n) is 10.7. The number of H-pyrrole nitrogens is 1. The number of aromatic nitrogens is 3. The summed E-state index contributed by atoms with van der Waals surface area (Å²) in [4.78, 5) is 6.09. The monoisotopic (exact) mass is 311 g/mol. The van der Waals surface area contributed by atoms with Crippen molar-refractivity contribution in [1.29, 1.82) is 0 Å². The second kappa shape index (κ2) is 4.91. The van der Waals surface area contributed by atoms with E-state index < -0.39 is 0 Å². The summed E-state index contributed by atoms with van der Waals surface area (Å²) in [5.41, 5.74) is 2.70. The first-order chi connectivity index (χ1) is 10.3. The molecule has 21 heavy (non-hydrogen) atoms. The number of benzene rings is 1. The minimum atomic E-state index is 0.267.